The minimum absolute atomic E-state index is 0.0294. The van der Waals surface area contributed by atoms with E-state index < -0.39 is 6.10 Å². The van der Waals surface area contributed by atoms with Crippen molar-refractivity contribution in [1.82, 2.24) is 15.3 Å². The van der Waals surface area contributed by atoms with Crippen LogP contribution in [0, 0.1) is 13.8 Å². The molecule has 2 N–H and O–H groups in total. The number of fused-ring (bicyclic) bond motifs is 1. The third-order valence-corrected chi connectivity index (χ3v) is 3.89. The van der Waals surface area contributed by atoms with Gasteiger partial charge in [-0.05, 0) is 19.4 Å². The van der Waals surface area contributed by atoms with E-state index in [1.807, 2.05) is 32.6 Å². The van der Waals surface area contributed by atoms with Crippen molar-refractivity contribution in [3.63, 3.8) is 0 Å². The Morgan fingerprint density at radius 1 is 1.56 bits per heavy atom. The van der Waals surface area contributed by atoms with E-state index in [0.29, 0.717) is 6.54 Å². The summed E-state index contributed by atoms with van der Waals surface area (Å²) in [6, 6.07) is -0.425. The van der Waals surface area contributed by atoms with Crippen LogP contribution in [0.2, 0.25) is 0 Å². The molecule has 2 fully saturated rings. The molecule has 6 nitrogen and oxygen atoms in total. The van der Waals surface area contributed by atoms with Gasteiger partial charge in [0.25, 0.3) is 0 Å². The molecule has 0 aromatic carbocycles. The highest BCUT2D eigenvalue weighted by atomic mass is 16.7. The summed E-state index contributed by atoms with van der Waals surface area (Å²) in [6.45, 7) is 4.63. The van der Waals surface area contributed by atoms with E-state index in [1.165, 1.54) is 0 Å². The van der Waals surface area contributed by atoms with Gasteiger partial charge in [0.2, 0.25) is 0 Å². The molecule has 5 atom stereocenters. The molecule has 0 saturated carbocycles. The number of hydrogen-bond acceptors (Lipinski definition) is 5. The third kappa shape index (κ3) is 1.78. The summed E-state index contributed by atoms with van der Waals surface area (Å²) in [4.78, 5) is 5.50. The molecule has 1 aromatic rings. The van der Waals surface area contributed by atoms with Crippen molar-refractivity contribution in [2.75, 3.05) is 6.54 Å². The zero-order valence-corrected chi connectivity index (χ0v) is 10.8. The summed E-state index contributed by atoms with van der Waals surface area (Å²) in [6.07, 6.45) is 1.11. The number of hydrogen-bond donors (Lipinski definition) is 2. The summed E-state index contributed by atoms with van der Waals surface area (Å²) in [5, 5.41) is 14.8. The summed E-state index contributed by atoms with van der Waals surface area (Å²) in [7, 11) is 1.88. The normalized spacial score (nSPS) is 39.8. The Kier molecular flexibility index (Phi) is 2.94. The van der Waals surface area contributed by atoms with Crippen LogP contribution >= 0.6 is 0 Å². The molecule has 2 aliphatic heterocycles. The fraction of sp³-hybridized carbons (Fsp3) is 0.727. The van der Waals surface area contributed by atoms with Crippen LogP contribution < -0.4 is 5.48 Å². The molecule has 0 aliphatic carbocycles. The van der Waals surface area contributed by atoms with Crippen molar-refractivity contribution >= 4 is 7.85 Å². The molecule has 0 bridgehead atoms. The summed E-state index contributed by atoms with van der Waals surface area (Å²) < 4.78 is 7.55. The minimum Gasteiger partial charge on any atom is -0.389 e. The van der Waals surface area contributed by atoms with Gasteiger partial charge in [0.15, 0.2) is 0 Å². The van der Waals surface area contributed by atoms with Crippen molar-refractivity contribution in [3.05, 3.63) is 17.5 Å². The Morgan fingerprint density at radius 2 is 2.33 bits per heavy atom. The molecule has 98 valence electrons. The summed E-state index contributed by atoms with van der Waals surface area (Å²) >= 11 is 0. The molecule has 5 unspecified atom stereocenters. The van der Waals surface area contributed by atoms with Gasteiger partial charge in [0.05, 0.1) is 24.3 Å². The highest BCUT2D eigenvalue weighted by molar-refractivity contribution is 6.11. The van der Waals surface area contributed by atoms with E-state index in [-0.39, 0.29) is 24.3 Å². The Bertz CT molecular complexity index is 433. The average molecular weight is 251 g/mol. The number of aryl methyl sites for hydroxylation is 2. The van der Waals surface area contributed by atoms with Gasteiger partial charge < -0.3 is 9.84 Å². The van der Waals surface area contributed by atoms with E-state index in [2.05, 4.69) is 10.6 Å². The molecule has 0 amide bonds. The predicted molar refractivity (Wildman–Crippen MR) is 66.8 cm³/mol. The minimum atomic E-state index is -0.621. The number of ether oxygens (including phenoxy) is 1. The zero-order chi connectivity index (χ0) is 12.9. The Labute approximate surface area is 107 Å². The first-order valence-electron chi connectivity index (χ1n) is 6.32. The molecular weight excluding hydrogens is 233 g/mol. The number of aliphatic hydroxyl groups is 1. The van der Waals surface area contributed by atoms with Gasteiger partial charge in [0, 0.05) is 6.20 Å². The monoisotopic (exact) mass is 251 g/mol. The molecule has 3 rings (SSSR count). The quantitative estimate of drug-likeness (QED) is 0.605. The standard InChI is InChI=1S/C11H18BN3O3/c1-5-4-15(14-6(5)2)8-9(16)11(12)17-7-3-13-18-10(7)8/h4,7-11,13,16H,3,12H2,1-2H3. The molecule has 1 aromatic heterocycles. The maximum atomic E-state index is 10.3. The molecule has 0 radical (unpaired) electrons. The van der Waals surface area contributed by atoms with Crippen LogP contribution in [0.3, 0.4) is 0 Å². The SMILES string of the molecule is BC1OC2CNOC2C(n2cc(C)c(C)n2)C1O. The third-order valence-electron chi connectivity index (χ3n) is 3.89. The van der Waals surface area contributed by atoms with Gasteiger partial charge in [-0.25, -0.2) is 0 Å². The van der Waals surface area contributed by atoms with Crippen LogP contribution in [0.25, 0.3) is 0 Å². The average Bonchev–Trinajstić information content (AvgIpc) is 2.88. The van der Waals surface area contributed by atoms with Gasteiger partial charge in [-0.2, -0.15) is 10.6 Å². The highest BCUT2D eigenvalue weighted by Gasteiger charge is 2.48. The van der Waals surface area contributed by atoms with E-state index >= 15 is 0 Å². The summed E-state index contributed by atoms with van der Waals surface area (Å²) in [5.41, 5.74) is 4.94. The number of nitrogens with zero attached hydrogens (tertiary/aromatic N) is 2. The van der Waals surface area contributed by atoms with Gasteiger partial charge >= 0.3 is 0 Å². The maximum absolute atomic E-state index is 10.3. The number of hydroxylamine groups is 1. The molecule has 7 heteroatoms. The maximum Gasteiger partial charge on any atom is 0.142 e. The van der Waals surface area contributed by atoms with Gasteiger partial charge in [-0.3, -0.25) is 9.52 Å². The van der Waals surface area contributed by atoms with Gasteiger partial charge in [-0.1, -0.05) is 0 Å². The first kappa shape index (κ1) is 12.2. The van der Waals surface area contributed by atoms with E-state index in [1.54, 1.807) is 0 Å². The molecule has 2 aliphatic rings. The van der Waals surface area contributed by atoms with Crippen LogP contribution in [-0.4, -0.2) is 53.6 Å². The highest BCUT2D eigenvalue weighted by Crippen LogP contribution is 2.33. The molecule has 3 heterocycles. The second-order valence-electron chi connectivity index (χ2n) is 5.17. The second-order valence-corrected chi connectivity index (χ2v) is 5.17. The van der Waals surface area contributed by atoms with Crippen LogP contribution in [0.1, 0.15) is 17.3 Å². The fourth-order valence-corrected chi connectivity index (χ4v) is 2.69. The lowest BCUT2D eigenvalue weighted by Gasteiger charge is -2.39. The number of nitrogens with one attached hydrogen (secondary N) is 1. The number of rotatable bonds is 1. The Hall–Kier alpha value is -0.885. The van der Waals surface area contributed by atoms with Gasteiger partial charge in [-0.15, -0.1) is 0 Å². The van der Waals surface area contributed by atoms with Crippen molar-refractivity contribution < 1.29 is 14.7 Å². The van der Waals surface area contributed by atoms with E-state index in [9.17, 15) is 5.11 Å². The lowest BCUT2D eigenvalue weighted by atomic mass is 9.83. The Balaban J connectivity index is 1.96. The van der Waals surface area contributed by atoms with Crippen molar-refractivity contribution in [1.29, 1.82) is 0 Å². The van der Waals surface area contributed by atoms with Crippen LogP contribution in [0.4, 0.5) is 0 Å². The lowest BCUT2D eigenvalue weighted by Crippen LogP contribution is -2.54. The topological polar surface area (TPSA) is 68.5 Å². The number of aromatic nitrogens is 2. The molecule has 0 spiro atoms. The Morgan fingerprint density at radius 3 is 3.00 bits per heavy atom. The lowest BCUT2D eigenvalue weighted by molar-refractivity contribution is -0.159. The molecule has 2 saturated heterocycles. The molecule has 18 heavy (non-hydrogen) atoms. The summed E-state index contributed by atoms with van der Waals surface area (Å²) in [5.74, 6) is 0. The van der Waals surface area contributed by atoms with E-state index in [4.69, 9.17) is 9.57 Å². The van der Waals surface area contributed by atoms with Crippen molar-refractivity contribution in [2.45, 2.75) is 44.2 Å². The van der Waals surface area contributed by atoms with Crippen molar-refractivity contribution in [3.8, 4) is 0 Å². The first-order chi connectivity index (χ1) is 8.58. The van der Waals surface area contributed by atoms with Crippen LogP contribution in [-0.2, 0) is 9.57 Å². The second kappa shape index (κ2) is 4.34. The smallest absolute Gasteiger partial charge is 0.142 e. The van der Waals surface area contributed by atoms with Crippen LogP contribution in [0.5, 0.6) is 0 Å². The zero-order valence-electron chi connectivity index (χ0n) is 10.8. The van der Waals surface area contributed by atoms with E-state index in [0.717, 1.165) is 11.3 Å². The number of aliphatic hydroxyl groups excluding tert-OH is 1. The first-order valence-corrected chi connectivity index (χ1v) is 6.32. The molecular formula is C11H18BN3O3. The largest absolute Gasteiger partial charge is 0.389 e. The van der Waals surface area contributed by atoms with Crippen molar-refractivity contribution in [2.24, 2.45) is 0 Å². The van der Waals surface area contributed by atoms with Gasteiger partial charge in [0.1, 0.15) is 26.1 Å². The fourth-order valence-electron chi connectivity index (χ4n) is 2.69. The predicted octanol–water partition coefficient (Wildman–Crippen LogP) is -1.34. The van der Waals surface area contributed by atoms with Crippen LogP contribution in [0.15, 0.2) is 6.20 Å².